The van der Waals surface area contributed by atoms with Gasteiger partial charge in [0.15, 0.2) is 11.4 Å². The third-order valence-electron chi connectivity index (χ3n) is 3.52. The zero-order valence-corrected chi connectivity index (χ0v) is 12.5. The van der Waals surface area contributed by atoms with Gasteiger partial charge in [0.1, 0.15) is 12.5 Å². The fourth-order valence-electron chi connectivity index (χ4n) is 2.31. The minimum atomic E-state index is -0.341. The minimum Gasteiger partial charge on any atom is -0.444 e. The second kappa shape index (κ2) is 5.96. The molecule has 0 radical (unpaired) electrons. The van der Waals surface area contributed by atoms with Gasteiger partial charge in [0, 0.05) is 11.1 Å². The average Bonchev–Trinajstić information content (AvgIpc) is 3.33. The Bertz CT molecular complexity index is 892. The molecular formula is C19H12N2O3. The number of nitrogens with zero attached hydrogens (tertiary/aromatic N) is 2. The molecule has 0 atom stereocenters. The van der Waals surface area contributed by atoms with Crippen LogP contribution in [-0.2, 0) is 0 Å². The van der Waals surface area contributed by atoms with Crippen molar-refractivity contribution in [3.8, 4) is 22.9 Å². The first-order valence-electron chi connectivity index (χ1n) is 7.38. The molecule has 0 unspecified atom stereocenters. The van der Waals surface area contributed by atoms with Crippen LogP contribution >= 0.6 is 0 Å². The van der Waals surface area contributed by atoms with Crippen molar-refractivity contribution in [3.05, 3.63) is 84.6 Å². The van der Waals surface area contributed by atoms with E-state index in [-0.39, 0.29) is 17.2 Å². The fraction of sp³-hybridized carbons (Fsp3) is 0. The van der Waals surface area contributed by atoms with E-state index in [9.17, 15) is 4.79 Å². The number of oxazole rings is 2. The van der Waals surface area contributed by atoms with E-state index in [0.717, 1.165) is 11.1 Å². The molecular weight excluding hydrogens is 304 g/mol. The SMILES string of the molecule is O=C(c1coc(-c2ccccc2)n1)c1coc(-c2ccccc2)n1. The molecule has 4 aromatic rings. The molecule has 0 aliphatic heterocycles. The monoisotopic (exact) mass is 316 g/mol. The summed E-state index contributed by atoms with van der Waals surface area (Å²) in [6.07, 6.45) is 2.67. The van der Waals surface area contributed by atoms with Crippen LogP contribution in [0.25, 0.3) is 22.9 Å². The van der Waals surface area contributed by atoms with Gasteiger partial charge in [0.05, 0.1) is 0 Å². The molecule has 0 spiro atoms. The van der Waals surface area contributed by atoms with E-state index in [1.807, 2.05) is 60.7 Å². The first-order valence-corrected chi connectivity index (χ1v) is 7.38. The molecule has 24 heavy (non-hydrogen) atoms. The Balaban J connectivity index is 1.61. The van der Waals surface area contributed by atoms with Crippen LogP contribution in [-0.4, -0.2) is 15.8 Å². The molecule has 2 aromatic heterocycles. The molecule has 0 N–H and O–H groups in total. The summed E-state index contributed by atoms with van der Waals surface area (Å²) in [7, 11) is 0. The highest BCUT2D eigenvalue weighted by molar-refractivity contribution is 6.06. The van der Waals surface area contributed by atoms with Crippen LogP contribution in [0.3, 0.4) is 0 Å². The highest BCUT2D eigenvalue weighted by atomic mass is 16.3. The van der Waals surface area contributed by atoms with Crippen LogP contribution in [0.2, 0.25) is 0 Å². The number of hydrogen-bond donors (Lipinski definition) is 0. The van der Waals surface area contributed by atoms with Crippen molar-refractivity contribution in [1.82, 2.24) is 9.97 Å². The van der Waals surface area contributed by atoms with E-state index in [0.29, 0.717) is 11.8 Å². The standard InChI is InChI=1S/C19H12N2O3/c22-17(15-11-23-18(20-15)13-7-3-1-4-8-13)16-12-24-19(21-16)14-9-5-2-6-10-14/h1-12H. The van der Waals surface area contributed by atoms with Crippen LogP contribution in [0.5, 0.6) is 0 Å². The summed E-state index contributed by atoms with van der Waals surface area (Å²) >= 11 is 0. The van der Waals surface area contributed by atoms with Crippen molar-refractivity contribution < 1.29 is 13.6 Å². The van der Waals surface area contributed by atoms with Crippen molar-refractivity contribution in [1.29, 1.82) is 0 Å². The lowest BCUT2D eigenvalue weighted by atomic mass is 10.2. The quantitative estimate of drug-likeness (QED) is 0.527. The smallest absolute Gasteiger partial charge is 0.236 e. The maximum Gasteiger partial charge on any atom is 0.236 e. The number of benzene rings is 2. The second-order valence-electron chi connectivity index (χ2n) is 5.14. The van der Waals surface area contributed by atoms with Gasteiger partial charge in [-0.15, -0.1) is 0 Å². The first kappa shape index (κ1) is 14.1. The summed E-state index contributed by atoms with van der Waals surface area (Å²) in [5.74, 6) is 0.448. The maximum absolute atomic E-state index is 12.5. The largest absolute Gasteiger partial charge is 0.444 e. The van der Waals surface area contributed by atoms with Gasteiger partial charge in [-0.05, 0) is 24.3 Å². The number of aromatic nitrogens is 2. The van der Waals surface area contributed by atoms with Gasteiger partial charge >= 0.3 is 0 Å². The van der Waals surface area contributed by atoms with Gasteiger partial charge in [-0.1, -0.05) is 36.4 Å². The minimum absolute atomic E-state index is 0.196. The molecule has 116 valence electrons. The molecule has 5 heteroatoms. The highest BCUT2D eigenvalue weighted by Crippen LogP contribution is 2.22. The van der Waals surface area contributed by atoms with E-state index in [1.165, 1.54) is 12.5 Å². The Morgan fingerprint density at radius 1 is 0.667 bits per heavy atom. The van der Waals surface area contributed by atoms with Gasteiger partial charge in [-0.2, -0.15) is 0 Å². The summed E-state index contributed by atoms with van der Waals surface area (Å²) in [6, 6.07) is 18.8. The van der Waals surface area contributed by atoms with Crippen molar-refractivity contribution in [2.75, 3.05) is 0 Å². The maximum atomic E-state index is 12.5. The Hall–Kier alpha value is -3.47. The van der Waals surface area contributed by atoms with Crippen molar-refractivity contribution in [3.63, 3.8) is 0 Å². The number of ketones is 1. The Morgan fingerprint density at radius 3 is 1.50 bits per heavy atom. The molecule has 0 saturated carbocycles. The molecule has 0 amide bonds. The van der Waals surface area contributed by atoms with E-state index >= 15 is 0 Å². The molecule has 2 heterocycles. The number of carbonyl (C=O) groups excluding carboxylic acids is 1. The summed E-state index contributed by atoms with van der Waals surface area (Å²) in [6.45, 7) is 0. The molecule has 2 aromatic carbocycles. The third kappa shape index (κ3) is 2.63. The normalized spacial score (nSPS) is 10.7. The van der Waals surface area contributed by atoms with Crippen molar-refractivity contribution >= 4 is 5.78 Å². The molecule has 4 rings (SSSR count). The van der Waals surface area contributed by atoms with Gasteiger partial charge in [-0.25, -0.2) is 9.97 Å². The summed E-state index contributed by atoms with van der Waals surface area (Å²) in [5, 5.41) is 0. The predicted molar refractivity (Wildman–Crippen MR) is 87.3 cm³/mol. The molecule has 5 nitrogen and oxygen atoms in total. The molecule has 0 saturated heterocycles. The van der Waals surface area contributed by atoms with Gasteiger partial charge in [0.25, 0.3) is 0 Å². The number of carbonyl (C=O) groups is 1. The van der Waals surface area contributed by atoms with Crippen LogP contribution in [0, 0.1) is 0 Å². The Kier molecular flexibility index (Phi) is 3.51. The van der Waals surface area contributed by atoms with E-state index in [4.69, 9.17) is 8.83 Å². The van der Waals surface area contributed by atoms with Crippen LogP contribution in [0.4, 0.5) is 0 Å². The summed E-state index contributed by atoms with van der Waals surface area (Å²) < 4.78 is 10.8. The first-order chi connectivity index (χ1) is 11.8. The van der Waals surface area contributed by atoms with E-state index in [1.54, 1.807) is 0 Å². The van der Waals surface area contributed by atoms with Gasteiger partial charge in [-0.3, -0.25) is 4.79 Å². The van der Waals surface area contributed by atoms with Crippen LogP contribution in [0.15, 0.2) is 82.0 Å². The van der Waals surface area contributed by atoms with E-state index < -0.39 is 0 Å². The van der Waals surface area contributed by atoms with Gasteiger partial charge in [0.2, 0.25) is 17.6 Å². The molecule has 0 bridgehead atoms. The lowest BCUT2D eigenvalue weighted by Gasteiger charge is -1.93. The van der Waals surface area contributed by atoms with E-state index in [2.05, 4.69) is 9.97 Å². The average molecular weight is 316 g/mol. The Morgan fingerprint density at radius 2 is 1.08 bits per heavy atom. The van der Waals surface area contributed by atoms with Gasteiger partial charge < -0.3 is 8.83 Å². The lowest BCUT2D eigenvalue weighted by Crippen LogP contribution is -2.02. The van der Waals surface area contributed by atoms with Crippen molar-refractivity contribution in [2.24, 2.45) is 0 Å². The van der Waals surface area contributed by atoms with Crippen LogP contribution in [0.1, 0.15) is 16.2 Å². The lowest BCUT2D eigenvalue weighted by molar-refractivity contribution is 0.103. The molecule has 0 aliphatic rings. The van der Waals surface area contributed by atoms with Crippen LogP contribution < -0.4 is 0 Å². The zero-order valence-electron chi connectivity index (χ0n) is 12.5. The summed E-state index contributed by atoms with van der Waals surface area (Å²) in [5.41, 5.74) is 2.01. The second-order valence-corrected chi connectivity index (χ2v) is 5.14. The van der Waals surface area contributed by atoms with Crippen molar-refractivity contribution in [2.45, 2.75) is 0 Å². The Labute approximate surface area is 137 Å². The fourth-order valence-corrected chi connectivity index (χ4v) is 2.31. The topological polar surface area (TPSA) is 69.1 Å². The molecule has 0 fully saturated rings. The number of rotatable bonds is 4. The summed E-state index contributed by atoms with van der Waals surface area (Å²) in [4.78, 5) is 21.0. The third-order valence-corrected chi connectivity index (χ3v) is 3.52. The predicted octanol–water partition coefficient (Wildman–Crippen LogP) is 4.23. The zero-order chi connectivity index (χ0) is 16.4. The highest BCUT2D eigenvalue weighted by Gasteiger charge is 2.19. The number of hydrogen-bond acceptors (Lipinski definition) is 5. The molecule has 0 aliphatic carbocycles.